The molecule has 1 aromatic heterocycles. The number of halogens is 1. The lowest BCUT2D eigenvalue weighted by Gasteiger charge is -2.27. The highest BCUT2D eigenvalue weighted by atomic mass is 127. The molecule has 1 aromatic carbocycles. The van der Waals surface area contributed by atoms with E-state index in [0.717, 1.165) is 50.7 Å². The second-order valence-corrected chi connectivity index (χ2v) is 8.41. The van der Waals surface area contributed by atoms with Crippen molar-refractivity contribution in [2.75, 3.05) is 40.3 Å². The Balaban J connectivity index is 0.00000320. The number of benzene rings is 1. The Labute approximate surface area is 200 Å². The molecule has 0 aliphatic carbocycles. The first-order valence-corrected chi connectivity index (χ1v) is 11.0. The molecule has 0 bridgehead atoms. The standard InChI is InChI=1S/C22H31N5OS.HI/c1-4-23-22(24-11-13-27-12-9-20-19(16-27)10-14-29-20)25-15-17-5-7-18(8-6-17)21(28)26(2)3;/h5-8,10,14H,4,9,11-13,15-16H2,1-3H3,(H2,23,24,25);1H. The van der Waals surface area contributed by atoms with Gasteiger partial charge in [-0.25, -0.2) is 4.99 Å². The van der Waals surface area contributed by atoms with Gasteiger partial charge in [0, 0.05) is 57.3 Å². The molecule has 3 rings (SSSR count). The van der Waals surface area contributed by atoms with Gasteiger partial charge in [-0.1, -0.05) is 12.1 Å². The van der Waals surface area contributed by atoms with Crippen LogP contribution in [0.15, 0.2) is 40.7 Å². The molecule has 2 N–H and O–H groups in total. The lowest BCUT2D eigenvalue weighted by Crippen LogP contribution is -2.42. The summed E-state index contributed by atoms with van der Waals surface area (Å²) in [5.74, 6) is 0.844. The molecule has 8 heteroatoms. The molecule has 2 heterocycles. The Hall–Kier alpha value is -1.65. The van der Waals surface area contributed by atoms with Gasteiger partial charge in [0.15, 0.2) is 5.96 Å². The van der Waals surface area contributed by atoms with Crippen molar-refractivity contribution in [2.24, 2.45) is 4.99 Å². The zero-order valence-electron chi connectivity index (χ0n) is 18.0. The van der Waals surface area contributed by atoms with Crippen molar-refractivity contribution in [3.8, 4) is 0 Å². The van der Waals surface area contributed by atoms with Gasteiger partial charge in [0.05, 0.1) is 6.54 Å². The maximum Gasteiger partial charge on any atom is 0.253 e. The molecule has 0 fully saturated rings. The van der Waals surface area contributed by atoms with E-state index in [4.69, 9.17) is 0 Å². The van der Waals surface area contributed by atoms with E-state index in [1.165, 1.54) is 5.56 Å². The molecule has 0 saturated heterocycles. The van der Waals surface area contributed by atoms with E-state index in [0.29, 0.717) is 12.1 Å². The topological polar surface area (TPSA) is 60.0 Å². The lowest BCUT2D eigenvalue weighted by molar-refractivity contribution is 0.0827. The van der Waals surface area contributed by atoms with Crippen molar-refractivity contribution in [3.63, 3.8) is 0 Å². The van der Waals surface area contributed by atoms with Crippen LogP contribution < -0.4 is 10.6 Å². The second-order valence-electron chi connectivity index (χ2n) is 7.41. The van der Waals surface area contributed by atoms with Crippen molar-refractivity contribution < 1.29 is 4.79 Å². The van der Waals surface area contributed by atoms with Gasteiger partial charge in [-0.3, -0.25) is 9.69 Å². The van der Waals surface area contributed by atoms with Crippen LogP contribution in [-0.2, 0) is 19.5 Å². The molecular formula is C22H32IN5OS. The zero-order chi connectivity index (χ0) is 20.6. The first-order valence-electron chi connectivity index (χ1n) is 10.2. The SMILES string of the molecule is CCNC(=NCc1ccc(C(=O)N(C)C)cc1)NCCN1CCc2sccc2C1.I. The number of carbonyl (C=O) groups excluding carboxylic acids is 1. The smallest absolute Gasteiger partial charge is 0.253 e. The first-order chi connectivity index (χ1) is 14.1. The summed E-state index contributed by atoms with van der Waals surface area (Å²) in [6.45, 7) is 7.51. The first kappa shape index (κ1) is 24.6. The van der Waals surface area contributed by atoms with E-state index in [2.05, 4.69) is 38.9 Å². The van der Waals surface area contributed by atoms with E-state index < -0.39 is 0 Å². The van der Waals surface area contributed by atoms with E-state index >= 15 is 0 Å². The molecule has 0 unspecified atom stereocenters. The quantitative estimate of drug-likeness (QED) is 0.321. The molecule has 0 spiro atoms. The Morgan fingerprint density at radius 1 is 1.20 bits per heavy atom. The molecular weight excluding hydrogens is 509 g/mol. The average molecular weight is 542 g/mol. The maximum atomic E-state index is 12.0. The second kappa shape index (κ2) is 12.3. The normalized spacial score (nSPS) is 13.9. The lowest BCUT2D eigenvalue weighted by atomic mass is 10.1. The summed E-state index contributed by atoms with van der Waals surface area (Å²) in [4.78, 5) is 22.3. The van der Waals surface area contributed by atoms with Crippen LogP contribution in [0.2, 0.25) is 0 Å². The fourth-order valence-corrected chi connectivity index (χ4v) is 4.24. The Morgan fingerprint density at radius 3 is 2.67 bits per heavy atom. The number of thiophene rings is 1. The van der Waals surface area contributed by atoms with Gasteiger partial charge in [0.25, 0.3) is 5.91 Å². The average Bonchev–Trinajstić information content (AvgIpc) is 3.19. The predicted octanol–water partition coefficient (Wildman–Crippen LogP) is 3.18. The summed E-state index contributed by atoms with van der Waals surface area (Å²) in [5.41, 5.74) is 3.26. The number of hydrogen-bond acceptors (Lipinski definition) is 4. The number of fused-ring (bicyclic) bond motifs is 1. The number of rotatable bonds is 7. The number of carbonyl (C=O) groups is 1. The largest absolute Gasteiger partial charge is 0.357 e. The highest BCUT2D eigenvalue weighted by molar-refractivity contribution is 14.0. The fourth-order valence-electron chi connectivity index (χ4n) is 3.35. The number of aliphatic imine (C=N–C) groups is 1. The number of amides is 1. The third-order valence-electron chi connectivity index (χ3n) is 4.98. The highest BCUT2D eigenvalue weighted by Crippen LogP contribution is 2.23. The molecule has 0 atom stereocenters. The summed E-state index contributed by atoms with van der Waals surface area (Å²) in [6, 6.07) is 9.92. The van der Waals surface area contributed by atoms with E-state index in [1.807, 2.05) is 35.6 Å². The molecule has 164 valence electrons. The van der Waals surface area contributed by atoms with E-state index in [-0.39, 0.29) is 29.9 Å². The Morgan fingerprint density at radius 2 is 1.97 bits per heavy atom. The Kier molecular flexibility index (Phi) is 10.1. The molecule has 30 heavy (non-hydrogen) atoms. The van der Waals surface area contributed by atoms with E-state index in [9.17, 15) is 4.79 Å². The zero-order valence-corrected chi connectivity index (χ0v) is 21.1. The van der Waals surface area contributed by atoms with Gasteiger partial charge in [-0.2, -0.15) is 0 Å². The maximum absolute atomic E-state index is 12.0. The van der Waals surface area contributed by atoms with Crippen LogP contribution in [0.1, 0.15) is 33.3 Å². The van der Waals surface area contributed by atoms with Crippen LogP contribution in [0.3, 0.4) is 0 Å². The number of guanidine groups is 1. The number of hydrogen-bond donors (Lipinski definition) is 2. The molecule has 1 aliphatic rings. The molecule has 6 nitrogen and oxygen atoms in total. The minimum Gasteiger partial charge on any atom is -0.357 e. The van der Waals surface area contributed by atoms with E-state index in [1.54, 1.807) is 23.9 Å². The minimum absolute atomic E-state index is 0. The summed E-state index contributed by atoms with van der Waals surface area (Å²) in [7, 11) is 3.52. The predicted molar refractivity (Wildman–Crippen MR) is 136 cm³/mol. The van der Waals surface area contributed by atoms with Gasteiger partial charge < -0.3 is 15.5 Å². The summed E-state index contributed by atoms with van der Waals surface area (Å²) in [5, 5.41) is 8.95. The number of nitrogens with one attached hydrogen (secondary N) is 2. The van der Waals surface area contributed by atoms with Crippen molar-refractivity contribution in [2.45, 2.75) is 26.4 Å². The monoisotopic (exact) mass is 541 g/mol. The molecule has 1 amide bonds. The van der Waals surface area contributed by atoms with Gasteiger partial charge in [-0.05, 0) is 48.1 Å². The summed E-state index contributed by atoms with van der Waals surface area (Å²) in [6.07, 6.45) is 1.16. The van der Waals surface area contributed by atoms with Crippen LogP contribution in [-0.4, -0.2) is 61.9 Å². The van der Waals surface area contributed by atoms with Crippen LogP contribution in [0.25, 0.3) is 0 Å². The van der Waals surface area contributed by atoms with Crippen LogP contribution in [0.5, 0.6) is 0 Å². The van der Waals surface area contributed by atoms with Gasteiger partial charge in [-0.15, -0.1) is 35.3 Å². The van der Waals surface area contributed by atoms with Crippen molar-refractivity contribution in [3.05, 3.63) is 57.3 Å². The number of nitrogens with zero attached hydrogens (tertiary/aromatic N) is 3. The Bertz CT molecular complexity index is 834. The van der Waals surface area contributed by atoms with Crippen LogP contribution in [0.4, 0.5) is 0 Å². The van der Waals surface area contributed by atoms with Gasteiger partial charge >= 0.3 is 0 Å². The highest BCUT2D eigenvalue weighted by Gasteiger charge is 2.16. The fraction of sp³-hybridized carbons (Fsp3) is 0.455. The van der Waals surface area contributed by atoms with Gasteiger partial charge in [0.1, 0.15) is 0 Å². The van der Waals surface area contributed by atoms with Crippen molar-refractivity contribution >= 4 is 47.2 Å². The third kappa shape index (κ3) is 6.95. The van der Waals surface area contributed by atoms with Crippen LogP contribution in [0, 0.1) is 0 Å². The van der Waals surface area contributed by atoms with Crippen molar-refractivity contribution in [1.82, 2.24) is 20.4 Å². The molecule has 0 saturated carbocycles. The van der Waals surface area contributed by atoms with Crippen LogP contribution >= 0.6 is 35.3 Å². The molecule has 1 aliphatic heterocycles. The minimum atomic E-state index is 0. The van der Waals surface area contributed by atoms with Crippen molar-refractivity contribution in [1.29, 1.82) is 0 Å². The molecule has 0 radical (unpaired) electrons. The van der Waals surface area contributed by atoms with Gasteiger partial charge in [0.2, 0.25) is 0 Å². The molecule has 2 aromatic rings. The third-order valence-corrected chi connectivity index (χ3v) is 6.00. The summed E-state index contributed by atoms with van der Waals surface area (Å²) < 4.78 is 0. The summed E-state index contributed by atoms with van der Waals surface area (Å²) >= 11 is 1.88.